The second-order valence-electron chi connectivity index (χ2n) is 15.1. The third-order valence-electron chi connectivity index (χ3n) is 11.0. The Kier molecular flexibility index (Phi) is 13.2. The Bertz CT molecular complexity index is 2920. The molecular formula is C47H38N8O8S4. The van der Waals surface area contributed by atoms with Crippen LogP contribution in [0, 0.1) is 0 Å². The van der Waals surface area contributed by atoms with Crippen molar-refractivity contribution >= 4 is 75.2 Å². The second-order valence-corrected chi connectivity index (χ2v) is 19.2. The van der Waals surface area contributed by atoms with Crippen LogP contribution in [-0.2, 0) is 26.5 Å². The van der Waals surface area contributed by atoms with Gasteiger partial charge >= 0.3 is 5.97 Å². The average molecular weight is 971 g/mol. The standard InChI is InChI=1S/C47H38N8O8S4/c56-35-21-34(54(62)23-36(35)63-24-28-13-5-1-6-14-28)41(57)50-38(42(58)51-39-43(59)55-40(45(60)61)29(26-65-44(39)55)25-64-37-22-48-53-67-37)33-27-66-46(49-33)52-47(30-15-7-2-8-16-30,31-17-9-3-10-18-31)32-19-11-4-12-20-32/h1-23,27,38-39,44,62H,24-26H2,(H,49,52)(H,50,57)(H,51,58)(H,60,61)/t38?,39-,44-/m1/s1. The smallest absolute Gasteiger partial charge is 0.352 e. The van der Waals surface area contributed by atoms with Gasteiger partial charge in [0.25, 0.3) is 11.8 Å². The predicted octanol–water partition coefficient (Wildman–Crippen LogP) is 6.38. The number of carbonyl (C=O) groups is 4. The lowest BCUT2D eigenvalue weighted by atomic mass is 9.77. The first kappa shape index (κ1) is 44.9. The van der Waals surface area contributed by atoms with Crippen molar-refractivity contribution in [3.63, 3.8) is 0 Å². The van der Waals surface area contributed by atoms with Crippen molar-refractivity contribution in [3.8, 4) is 5.75 Å². The number of nitrogens with one attached hydrogen (secondary N) is 3. The molecule has 3 aromatic heterocycles. The molecule has 4 aromatic carbocycles. The van der Waals surface area contributed by atoms with Crippen LogP contribution in [0.2, 0.25) is 0 Å². The lowest BCUT2D eigenvalue weighted by Gasteiger charge is -2.49. The van der Waals surface area contributed by atoms with E-state index in [2.05, 4.69) is 25.5 Å². The maximum absolute atomic E-state index is 14.6. The highest BCUT2D eigenvalue weighted by Gasteiger charge is 2.54. The summed E-state index contributed by atoms with van der Waals surface area (Å²) in [6, 6.07) is 36.6. The number of hydrogen-bond acceptors (Lipinski definition) is 15. The van der Waals surface area contributed by atoms with Crippen LogP contribution in [-0.4, -0.2) is 81.1 Å². The Labute approximate surface area is 398 Å². The van der Waals surface area contributed by atoms with Gasteiger partial charge in [-0.1, -0.05) is 126 Å². The number of ether oxygens (including phenoxy) is 1. The number of hydrogen-bond donors (Lipinski definition) is 5. The lowest BCUT2D eigenvalue weighted by molar-refractivity contribution is -0.151. The van der Waals surface area contributed by atoms with Crippen molar-refractivity contribution in [3.05, 3.63) is 200 Å². The van der Waals surface area contributed by atoms with Crippen molar-refractivity contribution in [1.82, 2.24) is 34.8 Å². The van der Waals surface area contributed by atoms with Gasteiger partial charge in [-0.25, -0.2) is 9.78 Å². The maximum Gasteiger partial charge on any atom is 0.352 e. The lowest BCUT2D eigenvalue weighted by Crippen LogP contribution is -2.71. The summed E-state index contributed by atoms with van der Waals surface area (Å²) in [7, 11) is 0. The predicted molar refractivity (Wildman–Crippen MR) is 254 cm³/mol. The topological polar surface area (TPSA) is 218 Å². The molecule has 9 rings (SSSR count). The van der Waals surface area contributed by atoms with Crippen molar-refractivity contribution in [2.24, 2.45) is 0 Å². The number of pyridine rings is 1. The number of fused-ring (bicyclic) bond motifs is 1. The third kappa shape index (κ3) is 9.28. The van der Waals surface area contributed by atoms with E-state index < -0.39 is 57.8 Å². The molecule has 1 unspecified atom stereocenters. The summed E-state index contributed by atoms with van der Waals surface area (Å²) in [4.78, 5) is 74.4. The van der Waals surface area contributed by atoms with E-state index >= 15 is 0 Å². The van der Waals surface area contributed by atoms with Crippen molar-refractivity contribution in [1.29, 1.82) is 0 Å². The SMILES string of the molecule is O=C(O)C1=C(CSc2cnns2)CS[C@@H]2[C@H](NC(=O)C(NC(=O)c3cc(=O)c(OCc4ccccc4)cn3O)c3csc(NC(c4ccccc4)(c4ccccc4)c4ccccc4)n3)C(=O)N12. The Balaban J connectivity index is 1.03. The van der Waals surface area contributed by atoms with Gasteiger partial charge in [0.15, 0.2) is 16.9 Å². The zero-order valence-corrected chi connectivity index (χ0v) is 38.2. The zero-order chi connectivity index (χ0) is 46.5. The molecule has 3 amide bonds. The molecule has 3 atom stereocenters. The summed E-state index contributed by atoms with van der Waals surface area (Å²) in [5, 5.41) is 35.3. The largest absolute Gasteiger partial charge is 0.483 e. The molecule has 16 nitrogen and oxygen atoms in total. The minimum atomic E-state index is -1.59. The fourth-order valence-corrected chi connectivity index (χ4v) is 11.5. The molecule has 5 N–H and O–H groups in total. The summed E-state index contributed by atoms with van der Waals surface area (Å²) in [5.74, 6) is -3.46. The number of anilines is 1. The normalized spacial score (nSPS) is 16.1. The summed E-state index contributed by atoms with van der Waals surface area (Å²) in [5.41, 5.74) is 1.67. The van der Waals surface area contributed by atoms with E-state index in [1.165, 1.54) is 51.3 Å². The first-order valence-corrected chi connectivity index (χ1v) is 24.2. The van der Waals surface area contributed by atoms with Gasteiger partial charge in [-0.2, -0.15) is 4.73 Å². The fourth-order valence-electron chi connectivity index (χ4n) is 7.83. The van der Waals surface area contributed by atoms with E-state index in [0.717, 1.165) is 38.7 Å². The molecule has 67 heavy (non-hydrogen) atoms. The van der Waals surface area contributed by atoms with Crippen molar-refractivity contribution in [2.75, 3.05) is 16.8 Å². The molecule has 5 heterocycles. The number of nitrogens with zero attached hydrogens (tertiary/aromatic N) is 5. The van der Waals surface area contributed by atoms with Gasteiger partial charge < -0.3 is 31.0 Å². The molecule has 0 radical (unpaired) electrons. The molecule has 0 bridgehead atoms. The second kappa shape index (κ2) is 19.7. The first-order chi connectivity index (χ1) is 32.6. The Morgan fingerprint density at radius 3 is 2.12 bits per heavy atom. The minimum absolute atomic E-state index is 0.0232. The summed E-state index contributed by atoms with van der Waals surface area (Å²) >= 11 is 5.00. The van der Waals surface area contributed by atoms with Crippen molar-refractivity contribution in [2.45, 2.75) is 33.8 Å². The molecule has 20 heteroatoms. The number of rotatable bonds is 17. The van der Waals surface area contributed by atoms with Crippen LogP contribution in [0.4, 0.5) is 5.13 Å². The van der Waals surface area contributed by atoms with Crippen LogP contribution in [0.5, 0.6) is 5.75 Å². The van der Waals surface area contributed by atoms with Crippen molar-refractivity contribution < 1.29 is 34.2 Å². The van der Waals surface area contributed by atoms with E-state index in [9.17, 15) is 34.3 Å². The zero-order valence-electron chi connectivity index (χ0n) is 34.9. The molecule has 1 fully saturated rings. The van der Waals surface area contributed by atoms with Gasteiger partial charge in [-0.05, 0) is 39.4 Å². The molecule has 7 aromatic rings. The van der Waals surface area contributed by atoms with Gasteiger partial charge in [0.2, 0.25) is 11.3 Å². The van der Waals surface area contributed by atoms with Crippen LogP contribution in [0.15, 0.2) is 165 Å². The van der Waals surface area contributed by atoms with Gasteiger partial charge in [-0.3, -0.25) is 24.1 Å². The number of benzene rings is 4. The summed E-state index contributed by atoms with van der Waals surface area (Å²) in [6.07, 6.45) is 2.54. The molecule has 338 valence electrons. The highest BCUT2D eigenvalue weighted by atomic mass is 32.2. The number of carboxylic acids is 1. The molecule has 2 aliphatic heterocycles. The number of carbonyl (C=O) groups excluding carboxylic acids is 3. The summed E-state index contributed by atoms with van der Waals surface area (Å²) in [6.45, 7) is 0.0232. The average Bonchev–Trinajstić information content (AvgIpc) is 4.07. The van der Waals surface area contributed by atoms with E-state index in [1.54, 1.807) is 23.7 Å². The van der Waals surface area contributed by atoms with Gasteiger partial charge in [0, 0.05) is 23.0 Å². The number of thioether (sulfide) groups is 2. The Hall–Kier alpha value is -7.26. The quantitative estimate of drug-likeness (QED) is 0.0290. The maximum atomic E-state index is 14.6. The first-order valence-electron chi connectivity index (χ1n) is 20.5. The Morgan fingerprint density at radius 1 is 0.896 bits per heavy atom. The number of carboxylic acid groups (broad SMARTS) is 1. The highest BCUT2D eigenvalue weighted by Crippen LogP contribution is 2.43. The van der Waals surface area contributed by atoms with Crippen LogP contribution in [0.3, 0.4) is 0 Å². The fraction of sp³-hybridized carbons (Fsp3) is 0.149. The number of thiazole rings is 1. The van der Waals surface area contributed by atoms with E-state index in [4.69, 9.17) is 9.72 Å². The van der Waals surface area contributed by atoms with Gasteiger partial charge in [0.1, 0.15) is 39.2 Å². The molecular weight excluding hydrogens is 933 g/mol. The van der Waals surface area contributed by atoms with Gasteiger partial charge in [-0.15, -0.1) is 40.0 Å². The minimum Gasteiger partial charge on any atom is -0.483 e. The number of aromatic nitrogens is 4. The van der Waals surface area contributed by atoms with E-state index in [0.29, 0.717) is 15.4 Å². The highest BCUT2D eigenvalue weighted by molar-refractivity contribution is 8.01. The molecule has 1 saturated heterocycles. The van der Waals surface area contributed by atoms with Crippen LogP contribution < -0.4 is 26.1 Å². The molecule has 2 aliphatic rings. The molecule has 0 saturated carbocycles. The Morgan fingerprint density at radius 2 is 1.52 bits per heavy atom. The molecule has 0 spiro atoms. The van der Waals surface area contributed by atoms with Gasteiger partial charge in [0.05, 0.1) is 18.1 Å². The number of amides is 3. The number of aliphatic carboxylic acids is 1. The van der Waals surface area contributed by atoms with Crippen LogP contribution >= 0.6 is 46.4 Å². The third-order valence-corrected chi connectivity index (χ3v) is 15.1. The monoisotopic (exact) mass is 970 g/mol. The number of β-lactam (4-membered cyclic amide) rings is 1. The summed E-state index contributed by atoms with van der Waals surface area (Å²) < 4.78 is 10.7. The van der Waals surface area contributed by atoms with Crippen LogP contribution in [0.1, 0.15) is 44.5 Å². The van der Waals surface area contributed by atoms with E-state index in [-0.39, 0.29) is 35.3 Å². The van der Waals surface area contributed by atoms with Crippen LogP contribution in [0.25, 0.3) is 0 Å². The van der Waals surface area contributed by atoms with E-state index in [1.807, 2.05) is 109 Å². The molecule has 0 aliphatic carbocycles.